The van der Waals surface area contributed by atoms with Crippen molar-refractivity contribution in [3.63, 3.8) is 0 Å². The summed E-state index contributed by atoms with van der Waals surface area (Å²) in [6.07, 6.45) is 8.97. The van der Waals surface area contributed by atoms with Crippen molar-refractivity contribution in [1.29, 1.82) is 0 Å². The number of nitrogens with zero attached hydrogens (tertiary/aromatic N) is 4. The highest BCUT2D eigenvalue weighted by atomic mass is 32.2. The molecule has 0 spiro atoms. The lowest BCUT2D eigenvalue weighted by molar-refractivity contribution is 0.0985. The zero-order valence-corrected chi connectivity index (χ0v) is 17.9. The number of pyridine rings is 1. The molecule has 7 nitrogen and oxygen atoms in total. The molecular weight excluding hydrogens is 400 g/mol. The summed E-state index contributed by atoms with van der Waals surface area (Å²) >= 11 is 0. The van der Waals surface area contributed by atoms with Crippen LogP contribution in [0.15, 0.2) is 24.4 Å². The predicted molar refractivity (Wildman–Crippen MR) is 116 cm³/mol. The molecule has 8 heteroatoms. The number of aromatic nitrogens is 3. The molecule has 158 valence electrons. The Morgan fingerprint density at radius 1 is 1.23 bits per heavy atom. The Labute approximate surface area is 177 Å². The van der Waals surface area contributed by atoms with Crippen molar-refractivity contribution >= 4 is 21.7 Å². The standard InChI is InChI=1S/C22H26N4O3S/c1-15-14-29-11-10-26(15)21-13-19(20-7-2-3-12-30(20,27)28)24-22(25-21)17-8-9-23-18-6-4-5-16(17)18/h4-5,8-9,13,15,20H,2-3,6-7,10-12,14H2,1H3/t15-,20+/m1/s1. The third kappa shape index (κ3) is 3.52. The minimum absolute atomic E-state index is 0.167. The van der Waals surface area contributed by atoms with Crippen LogP contribution in [0, 0.1) is 0 Å². The molecule has 2 atom stereocenters. The lowest BCUT2D eigenvalue weighted by atomic mass is 10.1. The predicted octanol–water partition coefficient (Wildman–Crippen LogP) is 2.97. The van der Waals surface area contributed by atoms with E-state index in [1.807, 2.05) is 12.1 Å². The van der Waals surface area contributed by atoms with Crippen LogP contribution in [-0.2, 0) is 21.0 Å². The van der Waals surface area contributed by atoms with Gasteiger partial charge in [-0.3, -0.25) is 4.98 Å². The van der Waals surface area contributed by atoms with Crippen LogP contribution < -0.4 is 4.90 Å². The van der Waals surface area contributed by atoms with E-state index >= 15 is 0 Å². The van der Waals surface area contributed by atoms with E-state index in [4.69, 9.17) is 14.7 Å². The van der Waals surface area contributed by atoms with Gasteiger partial charge in [-0.15, -0.1) is 0 Å². The highest BCUT2D eigenvalue weighted by Crippen LogP contribution is 2.36. The maximum atomic E-state index is 12.9. The molecule has 2 aromatic heterocycles. The molecule has 0 N–H and O–H groups in total. The third-order valence-electron chi connectivity index (χ3n) is 6.21. The van der Waals surface area contributed by atoms with Crippen LogP contribution in [0.2, 0.25) is 0 Å². The molecule has 5 rings (SSSR count). The van der Waals surface area contributed by atoms with Gasteiger partial charge < -0.3 is 9.64 Å². The second-order valence-corrected chi connectivity index (χ2v) is 10.6. The molecule has 0 radical (unpaired) electrons. The average Bonchev–Trinajstić information content (AvgIpc) is 3.22. The third-order valence-corrected chi connectivity index (χ3v) is 8.41. The minimum atomic E-state index is -3.21. The number of anilines is 1. The normalized spacial score (nSPS) is 25.3. The van der Waals surface area contributed by atoms with Crippen LogP contribution in [0.25, 0.3) is 17.5 Å². The molecule has 0 saturated carbocycles. The smallest absolute Gasteiger partial charge is 0.162 e. The van der Waals surface area contributed by atoms with E-state index in [1.54, 1.807) is 6.20 Å². The molecule has 30 heavy (non-hydrogen) atoms. The molecule has 2 saturated heterocycles. The highest BCUT2D eigenvalue weighted by molar-refractivity contribution is 7.91. The lowest BCUT2D eigenvalue weighted by Gasteiger charge is -2.35. The second kappa shape index (κ2) is 7.74. The van der Waals surface area contributed by atoms with Gasteiger partial charge in [0, 0.05) is 36.4 Å². The fourth-order valence-corrected chi connectivity index (χ4v) is 6.49. The van der Waals surface area contributed by atoms with Gasteiger partial charge in [0.25, 0.3) is 0 Å². The van der Waals surface area contributed by atoms with Crippen molar-refractivity contribution in [2.24, 2.45) is 0 Å². The summed E-state index contributed by atoms with van der Waals surface area (Å²) in [4.78, 5) is 16.4. The summed E-state index contributed by atoms with van der Waals surface area (Å²) in [5.41, 5.74) is 3.56. The Hall–Kier alpha value is -2.32. The zero-order valence-electron chi connectivity index (χ0n) is 17.1. The number of rotatable bonds is 3. The zero-order chi connectivity index (χ0) is 20.7. The molecular formula is C22H26N4O3S. The quantitative estimate of drug-likeness (QED) is 0.746. The van der Waals surface area contributed by atoms with Crippen molar-refractivity contribution in [2.75, 3.05) is 30.4 Å². The monoisotopic (exact) mass is 426 g/mol. The lowest BCUT2D eigenvalue weighted by Crippen LogP contribution is -2.44. The van der Waals surface area contributed by atoms with E-state index in [0.29, 0.717) is 31.2 Å². The number of ether oxygens (including phenoxy) is 1. The number of sulfone groups is 1. The van der Waals surface area contributed by atoms with Crippen LogP contribution in [0.5, 0.6) is 0 Å². The maximum absolute atomic E-state index is 12.9. The number of morpholine rings is 1. The SMILES string of the molecule is C[C@@H]1COCCN1c1cc([C@@H]2CCCCS2(=O)=O)nc(-c2ccnc3c2C=CC3)n1. The van der Waals surface area contributed by atoms with Gasteiger partial charge in [-0.05, 0) is 25.8 Å². The second-order valence-electron chi connectivity index (χ2n) is 8.27. The number of fused-ring (bicyclic) bond motifs is 1. The van der Waals surface area contributed by atoms with E-state index in [2.05, 4.69) is 29.0 Å². The summed E-state index contributed by atoms with van der Waals surface area (Å²) in [6.45, 7) is 4.09. The van der Waals surface area contributed by atoms with Crippen molar-refractivity contribution in [3.8, 4) is 11.4 Å². The summed E-state index contributed by atoms with van der Waals surface area (Å²) in [6, 6.07) is 3.98. The topological polar surface area (TPSA) is 85.3 Å². The fourth-order valence-electron chi connectivity index (χ4n) is 4.59. The molecule has 3 aliphatic rings. The molecule has 0 bridgehead atoms. The van der Waals surface area contributed by atoms with Gasteiger partial charge in [0.05, 0.1) is 36.4 Å². The number of allylic oxidation sites excluding steroid dienone is 1. The van der Waals surface area contributed by atoms with Crippen LogP contribution in [0.1, 0.15) is 48.4 Å². The first kappa shape index (κ1) is 19.6. The van der Waals surface area contributed by atoms with Crippen molar-refractivity contribution in [3.05, 3.63) is 41.4 Å². The van der Waals surface area contributed by atoms with E-state index in [-0.39, 0.29) is 11.8 Å². The number of hydrogen-bond donors (Lipinski definition) is 0. The molecule has 0 unspecified atom stereocenters. The van der Waals surface area contributed by atoms with Gasteiger partial charge in [-0.25, -0.2) is 18.4 Å². The molecule has 0 amide bonds. The summed E-state index contributed by atoms with van der Waals surface area (Å²) in [5.74, 6) is 1.58. The first-order valence-corrected chi connectivity index (χ1v) is 12.3. The van der Waals surface area contributed by atoms with Crippen molar-refractivity contribution < 1.29 is 13.2 Å². The minimum Gasteiger partial charge on any atom is -0.377 e. The van der Waals surface area contributed by atoms with Crippen LogP contribution >= 0.6 is 0 Å². The maximum Gasteiger partial charge on any atom is 0.162 e. The van der Waals surface area contributed by atoms with E-state index in [9.17, 15) is 8.42 Å². The van der Waals surface area contributed by atoms with Crippen LogP contribution in [-0.4, -0.2) is 54.9 Å². The van der Waals surface area contributed by atoms with Gasteiger partial charge in [0.2, 0.25) is 0 Å². The van der Waals surface area contributed by atoms with Gasteiger partial charge >= 0.3 is 0 Å². The number of hydrogen-bond acceptors (Lipinski definition) is 7. The van der Waals surface area contributed by atoms with Crippen LogP contribution in [0.3, 0.4) is 0 Å². The summed E-state index contributed by atoms with van der Waals surface area (Å²) in [5, 5.41) is -0.562. The molecule has 2 aromatic rings. The molecule has 4 heterocycles. The Balaban J connectivity index is 1.66. The highest BCUT2D eigenvalue weighted by Gasteiger charge is 2.33. The fraction of sp³-hybridized carbons (Fsp3) is 0.500. The first-order valence-electron chi connectivity index (χ1n) is 10.6. The van der Waals surface area contributed by atoms with Gasteiger partial charge in [-0.2, -0.15) is 0 Å². The van der Waals surface area contributed by atoms with E-state index in [1.165, 1.54) is 0 Å². The summed E-state index contributed by atoms with van der Waals surface area (Å²) in [7, 11) is -3.21. The largest absolute Gasteiger partial charge is 0.377 e. The molecule has 2 aliphatic heterocycles. The Bertz CT molecular complexity index is 1100. The van der Waals surface area contributed by atoms with Crippen LogP contribution in [0.4, 0.5) is 5.82 Å². The van der Waals surface area contributed by atoms with Crippen molar-refractivity contribution in [1.82, 2.24) is 15.0 Å². The van der Waals surface area contributed by atoms with E-state index in [0.717, 1.165) is 48.4 Å². The molecule has 0 aromatic carbocycles. The van der Waals surface area contributed by atoms with E-state index < -0.39 is 15.1 Å². The summed E-state index contributed by atoms with van der Waals surface area (Å²) < 4.78 is 31.3. The van der Waals surface area contributed by atoms with Gasteiger partial charge in [0.15, 0.2) is 15.7 Å². The van der Waals surface area contributed by atoms with Crippen molar-refractivity contribution in [2.45, 2.75) is 43.9 Å². The molecule has 2 fully saturated rings. The Kier molecular flexibility index (Phi) is 5.06. The first-order chi connectivity index (χ1) is 14.5. The molecule has 1 aliphatic carbocycles. The average molecular weight is 427 g/mol. The Morgan fingerprint density at radius 2 is 2.13 bits per heavy atom. The van der Waals surface area contributed by atoms with Gasteiger partial charge in [-0.1, -0.05) is 18.6 Å². The Morgan fingerprint density at radius 3 is 2.97 bits per heavy atom. The van der Waals surface area contributed by atoms with Gasteiger partial charge in [0.1, 0.15) is 11.1 Å².